The average Bonchev–Trinajstić information content (AvgIpc) is 2.47. The number of ketones is 3. The molecule has 0 amide bonds. The Bertz CT molecular complexity index is 533. The fourth-order valence-electron chi connectivity index (χ4n) is 3.73. The third-order valence-corrected chi connectivity index (χ3v) is 5.19. The normalized spacial score (nSPS) is 26.7. The lowest BCUT2D eigenvalue weighted by Crippen LogP contribution is -2.36. The number of carbonyl (C=O) groups excluding carboxylic acids is 3. The first-order valence-corrected chi connectivity index (χ1v) is 8.85. The lowest BCUT2D eigenvalue weighted by atomic mass is 9.76. The van der Waals surface area contributed by atoms with E-state index in [2.05, 4.69) is 26.0 Å². The second kappa shape index (κ2) is 7.85. The molecule has 0 aromatic rings. The Morgan fingerprint density at radius 1 is 1.30 bits per heavy atom. The molecule has 0 aromatic heterocycles. The van der Waals surface area contributed by atoms with Gasteiger partial charge in [0.05, 0.1) is 0 Å². The van der Waals surface area contributed by atoms with E-state index in [0.29, 0.717) is 24.7 Å². The van der Waals surface area contributed by atoms with Crippen molar-refractivity contribution >= 4 is 17.3 Å². The van der Waals surface area contributed by atoms with Crippen molar-refractivity contribution in [2.24, 2.45) is 17.8 Å². The molecule has 2 atom stereocenters. The minimum atomic E-state index is -0.984. The molecule has 0 heterocycles. The van der Waals surface area contributed by atoms with Crippen LogP contribution in [0.3, 0.4) is 0 Å². The van der Waals surface area contributed by atoms with E-state index in [-0.39, 0.29) is 30.2 Å². The SMILES string of the molecule is CCCC(=O)C1C(=O)CC(=CC(C)C2CC=C(C)CC2)CC1=O. The van der Waals surface area contributed by atoms with Gasteiger partial charge in [0.15, 0.2) is 17.3 Å². The summed E-state index contributed by atoms with van der Waals surface area (Å²) in [6.07, 6.45) is 9.38. The van der Waals surface area contributed by atoms with Gasteiger partial charge in [-0.3, -0.25) is 14.4 Å². The van der Waals surface area contributed by atoms with Crippen molar-refractivity contribution in [3.05, 3.63) is 23.3 Å². The van der Waals surface area contributed by atoms with E-state index in [1.165, 1.54) is 12.0 Å². The Labute approximate surface area is 139 Å². The molecule has 1 fully saturated rings. The standard InChI is InChI=1S/C20H28O3/c1-4-5-17(21)20-18(22)11-15(12-19(20)23)10-14(3)16-8-6-13(2)7-9-16/h6,10,14,16,20H,4-5,7-9,11-12H2,1-3H3. The van der Waals surface area contributed by atoms with E-state index >= 15 is 0 Å². The summed E-state index contributed by atoms with van der Waals surface area (Å²) >= 11 is 0. The Kier molecular flexibility index (Phi) is 6.09. The molecule has 3 nitrogen and oxygen atoms in total. The summed E-state index contributed by atoms with van der Waals surface area (Å²) in [6.45, 7) is 6.24. The summed E-state index contributed by atoms with van der Waals surface area (Å²) in [7, 11) is 0. The molecular formula is C20H28O3. The summed E-state index contributed by atoms with van der Waals surface area (Å²) < 4.78 is 0. The van der Waals surface area contributed by atoms with Gasteiger partial charge < -0.3 is 0 Å². The molecule has 2 unspecified atom stereocenters. The Balaban J connectivity index is 2.01. The van der Waals surface area contributed by atoms with Gasteiger partial charge in [0.1, 0.15) is 5.92 Å². The van der Waals surface area contributed by atoms with E-state index in [1.54, 1.807) is 0 Å². The Morgan fingerprint density at radius 2 is 1.96 bits per heavy atom. The minimum absolute atomic E-state index is 0.192. The third kappa shape index (κ3) is 4.49. The maximum absolute atomic E-state index is 12.2. The van der Waals surface area contributed by atoms with Gasteiger partial charge in [0, 0.05) is 19.3 Å². The van der Waals surface area contributed by atoms with Crippen LogP contribution in [0.5, 0.6) is 0 Å². The molecule has 1 saturated carbocycles. The van der Waals surface area contributed by atoms with Crippen LogP contribution < -0.4 is 0 Å². The summed E-state index contributed by atoms with van der Waals surface area (Å²) in [5.41, 5.74) is 2.38. The molecule has 0 N–H and O–H groups in total. The maximum Gasteiger partial charge on any atom is 0.154 e. The van der Waals surface area contributed by atoms with Crippen LogP contribution >= 0.6 is 0 Å². The quantitative estimate of drug-likeness (QED) is 0.564. The van der Waals surface area contributed by atoms with Crippen LogP contribution in [0.2, 0.25) is 0 Å². The van der Waals surface area contributed by atoms with E-state index in [9.17, 15) is 14.4 Å². The van der Waals surface area contributed by atoms with Gasteiger partial charge in [-0.2, -0.15) is 0 Å². The van der Waals surface area contributed by atoms with Crippen LogP contribution in [0.1, 0.15) is 65.7 Å². The van der Waals surface area contributed by atoms with Gasteiger partial charge in [-0.25, -0.2) is 0 Å². The van der Waals surface area contributed by atoms with Crippen LogP contribution in [0, 0.1) is 17.8 Å². The highest BCUT2D eigenvalue weighted by molar-refractivity contribution is 6.21. The lowest BCUT2D eigenvalue weighted by molar-refractivity contribution is -0.140. The summed E-state index contributed by atoms with van der Waals surface area (Å²) in [5.74, 6) is -0.603. The third-order valence-electron chi connectivity index (χ3n) is 5.19. The highest BCUT2D eigenvalue weighted by Crippen LogP contribution is 2.32. The minimum Gasteiger partial charge on any atom is -0.298 e. The van der Waals surface area contributed by atoms with Crippen LogP contribution in [0.4, 0.5) is 0 Å². The fourth-order valence-corrected chi connectivity index (χ4v) is 3.73. The number of hydrogen-bond acceptors (Lipinski definition) is 3. The van der Waals surface area contributed by atoms with E-state index in [4.69, 9.17) is 0 Å². The van der Waals surface area contributed by atoms with Crippen molar-refractivity contribution in [3.8, 4) is 0 Å². The van der Waals surface area contributed by atoms with Crippen LogP contribution in [-0.4, -0.2) is 17.3 Å². The monoisotopic (exact) mass is 316 g/mol. The molecule has 2 rings (SSSR count). The molecule has 0 bridgehead atoms. The van der Waals surface area contributed by atoms with E-state index < -0.39 is 5.92 Å². The molecule has 2 aliphatic carbocycles. The van der Waals surface area contributed by atoms with Gasteiger partial charge in [-0.05, 0) is 44.4 Å². The zero-order valence-electron chi connectivity index (χ0n) is 14.6. The Morgan fingerprint density at radius 3 is 2.48 bits per heavy atom. The van der Waals surface area contributed by atoms with Gasteiger partial charge in [-0.15, -0.1) is 0 Å². The second-order valence-corrected chi connectivity index (χ2v) is 7.20. The van der Waals surface area contributed by atoms with Crippen molar-refractivity contribution in [1.82, 2.24) is 0 Å². The highest BCUT2D eigenvalue weighted by atomic mass is 16.2. The summed E-state index contributed by atoms with van der Waals surface area (Å²) in [5, 5.41) is 0. The smallest absolute Gasteiger partial charge is 0.154 e. The predicted molar refractivity (Wildman–Crippen MR) is 91.0 cm³/mol. The first kappa shape index (κ1) is 17.8. The summed E-state index contributed by atoms with van der Waals surface area (Å²) in [4.78, 5) is 36.4. The van der Waals surface area contributed by atoms with Crippen LogP contribution in [0.25, 0.3) is 0 Å². The van der Waals surface area contributed by atoms with Crippen molar-refractivity contribution in [2.45, 2.75) is 65.7 Å². The number of carbonyl (C=O) groups is 3. The molecule has 3 heteroatoms. The summed E-state index contributed by atoms with van der Waals surface area (Å²) in [6, 6.07) is 0. The van der Waals surface area contributed by atoms with Gasteiger partial charge in [-0.1, -0.05) is 37.1 Å². The molecule has 0 aromatic carbocycles. The fraction of sp³-hybridized carbons (Fsp3) is 0.650. The number of rotatable bonds is 5. The van der Waals surface area contributed by atoms with Crippen molar-refractivity contribution in [1.29, 1.82) is 0 Å². The number of hydrogen-bond donors (Lipinski definition) is 0. The highest BCUT2D eigenvalue weighted by Gasteiger charge is 2.37. The first-order valence-electron chi connectivity index (χ1n) is 8.85. The molecular weight excluding hydrogens is 288 g/mol. The largest absolute Gasteiger partial charge is 0.298 e. The zero-order valence-corrected chi connectivity index (χ0v) is 14.6. The molecule has 23 heavy (non-hydrogen) atoms. The van der Waals surface area contributed by atoms with Gasteiger partial charge >= 0.3 is 0 Å². The van der Waals surface area contributed by atoms with Crippen LogP contribution in [-0.2, 0) is 14.4 Å². The number of allylic oxidation sites excluding steroid dienone is 4. The van der Waals surface area contributed by atoms with Crippen molar-refractivity contribution in [2.75, 3.05) is 0 Å². The van der Waals surface area contributed by atoms with E-state index in [1.807, 2.05) is 6.92 Å². The molecule has 0 spiro atoms. The molecule has 2 aliphatic rings. The lowest BCUT2D eigenvalue weighted by Gasteiger charge is -2.27. The van der Waals surface area contributed by atoms with Gasteiger partial charge in [0.2, 0.25) is 0 Å². The van der Waals surface area contributed by atoms with Crippen LogP contribution in [0.15, 0.2) is 23.3 Å². The average molecular weight is 316 g/mol. The Hall–Kier alpha value is -1.51. The molecule has 0 saturated heterocycles. The first-order chi connectivity index (χ1) is 10.9. The van der Waals surface area contributed by atoms with Crippen molar-refractivity contribution < 1.29 is 14.4 Å². The maximum atomic E-state index is 12.2. The predicted octanol–water partition coefficient (Wildman–Crippen LogP) is 4.21. The second-order valence-electron chi connectivity index (χ2n) is 7.20. The topological polar surface area (TPSA) is 51.2 Å². The molecule has 0 radical (unpaired) electrons. The van der Waals surface area contributed by atoms with Gasteiger partial charge in [0.25, 0.3) is 0 Å². The molecule has 0 aliphatic heterocycles. The number of Topliss-reactive ketones (excluding diaryl/α,β-unsaturated/α-hetero) is 3. The van der Waals surface area contributed by atoms with E-state index in [0.717, 1.165) is 18.4 Å². The zero-order chi connectivity index (χ0) is 17.0. The molecule has 126 valence electrons. The van der Waals surface area contributed by atoms with Crippen molar-refractivity contribution in [3.63, 3.8) is 0 Å².